The molecule has 9 heteroatoms. The van der Waals surface area contributed by atoms with Gasteiger partial charge in [0.2, 0.25) is 10.0 Å². The minimum atomic E-state index is -3.26. The lowest BCUT2D eigenvalue weighted by Crippen LogP contribution is -2.26. The molecule has 0 spiro atoms. The maximum atomic E-state index is 12.9. The zero-order chi connectivity index (χ0) is 26.0. The summed E-state index contributed by atoms with van der Waals surface area (Å²) in [7, 11) is -1.17. The second kappa shape index (κ2) is 10.4. The highest BCUT2D eigenvalue weighted by Crippen LogP contribution is 2.25. The Kier molecular flexibility index (Phi) is 6.99. The maximum Gasteiger partial charge on any atom is 0.255 e. The van der Waals surface area contributed by atoms with Crippen LogP contribution >= 0.6 is 0 Å². The van der Waals surface area contributed by atoms with Crippen LogP contribution in [0.1, 0.15) is 43.8 Å². The summed E-state index contributed by atoms with van der Waals surface area (Å²) in [5.41, 5.74) is 5.64. The summed E-state index contributed by atoms with van der Waals surface area (Å²) in [6, 6.07) is 19.8. The first-order valence-electron chi connectivity index (χ1n) is 12.4. The number of carbonyl (C=O) groups is 2. The summed E-state index contributed by atoms with van der Waals surface area (Å²) < 4.78 is 25.6. The molecule has 2 heterocycles. The van der Waals surface area contributed by atoms with Gasteiger partial charge in [-0.2, -0.15) is 0 Å². The van der Waals surface area contributed by atoms with Gasteiger partial charge in [-0.1, -0.05) is 18.2 Å². The Hall–Kier alpha value is -3.69. The van der Waals surface area contributed by atoms with Gasteiger partial charge >= 0.3 is 0 Å². The molecule has 0 bridgehead atoms. The van der Waals surface area contributed by atoms with E-state index in [4.69, 9.17) is 0 Å². The Morgan fingerprint density at radius 1 is 0.892 bits per heavy atom. The van der Waals surface area contributed by atoms with Gasteiger partial charge in [-0.25, -0.2) is 8.42 Å². The quantitative estimate of drug-likeness (QED) is 0.521. The van der Waals surface area contributed by atoms with Crippen molar-refractivity contribution < 1.29 is 18.0 Å². The van der Waals surface area contributed by atoms with Crippen molar-refractivity contribution in [2.45, 2.75) is 25.9 Å². The van der Waals surface area contributed by atoms with Gasteiger partial charge < -0.3 is 15.5 Å². The van der Waals surface area contributed by atoms with Crippen LogP contribution in [-0.2, 0) is 29.5 Å². The lowest BCUT2D eigenvalue weighted by atomic mass is 9.99. The van der Waals surface area contributed by atoms with Crippen LogP contribution < -0.4 is 14.9 Å². The fourth-order valence-corrected chi connectivity index (χ4v) is 6.36. The number of nitrogens with one attached hydrogen (secondary N) is 2. The molecular formula is C28H30N4O4S. The molecule has 1 saturated heterocycles. The van der Waals surface area contributed by atoms with Gasteiger partial charge in [0.1, 0.15) is 0 Å². The molecule has 3 aromatic rings. The molecule has 0 atom stereocenters. The number of sulfonamides is 1. The Labute approximate surface area is 217 Å². The minimum Gasteiger partial charge on any atom is -0.348 e. The van der Waals surface area contributed by atoms with E-state index in [1.165, 1.54) is 15.4 Å². The monoisotopic (exact) mass is 518 g/mol. The molecule has 0 unspecified atom stereocenters. The van der Waals surface area contributed by atoms with E-state index in [0.29, 0.717) is 29.8 Å². The van der Waals surface area contributed by atoms with E-state index >= 15 is 0 Å². The lowest BCUT2D eigenvalue weighted by molar-refractivity contribution is 0.0950. The fourth-order valence-electron chi connectivity index (χ4n) is 4.79. The second-order valence-corrected chi connectivity index (χ2v) is 11.6. The van der Waals surface area contributed by atoms with E-state index in [2.05, 4.69) is 28.6 Å². The van der Waals surface area contributed by atoms with Crippen molar-refractivity contribution in [2.24, 2.45) is 0 Å². The largest absolute Gasteiger partial charge is 0.348 e. The number of hydrogen-bond donors (Lipinski definition) is 2. The molecule has 192 valence electrons. The number of likely N-dealkylation sites (N-methyl/N-ethyl adjacent to an activating group) is 1. The summed E-state index contributed by atoms with van der Waals surface area (Å²) in [5, 5.41) is 5.85. The highest BCUT2D eigenvalue weighted by molar-refractivity contribution is 7.93. The van der Waals surface area contributed by atoms with Crippen molar-refractivity contribution in [3.05, 3.63) is 94.5 Å². The summed E-state index contributed by atoms with van der Waals surface area (Å²) in [4.78, 5) is 27.8. The first-order valence-corrected chi connectivity index (χ1v) is 14.0. The SMILES string of the molecule is CN1CCc2ccc(NC(=O)c3cccc(CNC(=O)c4ccc(N5CCCS5(=O)=O)cc4)c3)cc2C1. The molecule has 2 aliphatic rings. The number of anilines is 2. The molecule has 2 amide bonds. The van der Waals surface area contributed by atoms with E-state index in [1.807, 2.05) is 18.2 Å². The van der Waals surface area contributed by atoms with Crippen LogP contribution in [0.15, 0.2) is 66.7 Å². The van der Waals surface area contributed by atoms with Gasteiger partial charge in [0.15, 0.2) is 0 Å². The summed E-state index contributed by atoms with van der Waals surface area (Å²) in [5.74, 6) is -0.327. The van der Waals surface area contributed by atoms with Crippen LogP contribution in [0.2, 0.25) is 0 Å². The molecule has 0 saturated carbocycles. The number of benzene rings is 3. The number of rotatable bonds is 6. The second-order valence-electron chi connectivity index (χ2n) is 9.60. The molecule has 0 aromatic heterocycles. The first kappa shape index (κ1) is 25.0. The topological polar surface area (TPSA) is 98.8 Å². The van der Waals surface area contributed by atoms with Crippen molar-refractivity contribution in [1.29, 1.82) is 0 Å². The van der Waals surface area contributed by atoms with Crippen LogP contribution in [0.5, 0.6) is 0 Å². The van der Waals surface area contributed by atoms with Crippen molar-refractivity contribution in [3.8, 4) is 0 Å². The van der Waals surface area contributed by atoms with E-state index < -0.39 is 10.0 Å². The molecule has 1 fully saturated rings. The standard InChI is InChI=1S/C28H30N4O4S/c1-31-14-12-21-6-9-25(17-24(21)19-31)30-28(34)23-5-2-4-20(16-23)18-29-27(33)22-7-10-26(11-8-22)32-13-3-15-37(32,35)36/h2,4-11,16-17H,3,12-15,18-19H2,1H3,(H,29,33)(H,30,34). The molecular weight excluding hydrogens is 488 g/mol. The van der Waals surface area contributed by atoms with Gasteiger partial charge in [0, 0.05) is 43.0 Å². The maximum absolute atomic E-state index is 12.9. The Balaban J connectivity index is 1.19. The normalized spacial score (nSPS) is 16.7. The average Bonchev–Trinajstić information content (AvgIpc) is 3.26. The van der Waals surface area contributed by atoms with Crippen LogP contribution in [0.4, 0.5) is 11.4 Å². The Morgan fingerprint density at radius 2 is 1.70 bits per heavy atom. The first-order chi connectivity index (χ1) is 17.8. The number of fused-ring (bicyclic) bond motifs is 1. The molecule has 0 aliphatic carbocycles. The van der Waals surface area contributed by atoms with E-state index in [0.717, 1.165) is 30.8 Å². The fraction of sp³-hybridized carbons (Fsp3) is 0.286. The van der Waals surface area contributed by atoms with Crippen LogP contribution in [0.25, 0.3) is 0 Å². The average molecular weight is 519 g/mol. The zero-order valence-electron chi connectivity index (χ0n) is 20.7. The molecule has 2 aliphatic heterocycles. The third kappa shape index (κ3) is 5.68. The highest BCUT2D eigenvalue weighted by Gasteiger charge is 2.28. The third-order valence-corrected chi connectivity index (χ3v) is 8.70. The summed E-state index contributed by atoms with van der Waals surface area (Å²) in [6.45, 7) is 2.62. The number of nitrogens with zero attached hydrogens (tertiary/aromatic N) is 2. The van der Waals surface area contributed by atoms with Gasteiger partial charge in [0.05, 0.1) is 11.4 Å². The van der Waals surface area contributed by atoms with E-state index in [9.17, 15) is 18.0 Å². The molecule has 5 rings (SSSR count). The highest BCUT2D eigenvalue weighted by atomic mass is 32.2. The molecule has 0 radical (unpaired) electrons. The van der Waals surface area contributed by atoms with Crippen molar-refractivity contribution >= 4 is 33.2 Å². The van der Waals surface area contributed by atoms with Gasteiger partial charge in [-0.05, 0) is 85.1 Å². The summed E-state index contributed by atoms with van der Waals surface area (Å²) in [6.07, 6.45) is 1.62. The molecule has 37 heavy (non-hydrogen) atoms. The van der Waals surface area contributed by atoms with Crippen LogP contribution in [0.3, 0.4) is 0 Å². The van der Waals surface area contributed by atoms with Crippen LogP contribution in [-0.4, -0.2) is 51.0 Å². The Bertz CT molecular complexity index is 1440. The lowest BCUT2D eigenvalue weighted by Gasteiger charge is -2.25. The van der Waals surface area contributed by atoms with Gasteiger partial charge in [-0.15, -0.1) is 0 Å². The van der Waals surface area contributed by atoms with Crippen molar-refractivity contribution in [3.63, 3.8) is 0 Å². The Morgan fingerprint density at radius 3 is 2.46 bits per heavy atom. The molecule has 2 N–H and O–H groups in total. The predicted molar refractivity (Wildman–Crippen MR) is 144 cm³/mol. The third-order valence-electron chi connectivity index (χ3n) is 6.83. The molecule has 8 nitrogen and oxygen atoms in total. The predicted octanol–water partition coefficient (Wildman–Crippen LogP) is 3.40. The van der Waals surface area contributed by atoms with Gasteiger partial charge in [-0.3, -0.25) is 13.9 Å². The van der Waals surface area contributed by atoms with Crippen LogP contribution in [0, 0.1) is 0 Å². The number of carbonyl (C=O) groups excluding carboxylic acids is 2. The van der Waals surface area contributed by atoms with Crippen molar-refractivity contribution in [1.82, 2.24) is 10.2 Å². The van der Waals surface area contributed by atoms with E-state index in [-0.39, 0.29) is 24.1 Å². The number of amides is 2. The van der Waals surface area contributed by atoms with E-state index in [1.54, 1.807) is 42.5 Å². The van der Waals surface area contributed by atoms with Crippen molar-refractivity contribution in [2.75, 3.05) is 35.5 Å². The van der Waals surface area contributed by atoms with Gasteiger partial charge in [0.25, 0.3) is 11.8 Å². The summed E-state index contributed by atoms with van der Waals surface area (Å²) >= 11 is 0. The minimum absolute atomic E-state index is 0.150. The number of hydrogen-bond acceptors (Lipinski definition) is 5. The smallest absolute Gasteiger partial charge is 0.255 e. The zero-order valence-corrected chi connectivity index (χ0v) is 21.6. The molecule has 3 aromatic carbocycles.